The predicted molar refractivity (Wildman–Crippen MR) is 98.7 cm³/mol. The fourth-order valence-electron chi connectivity index (χ4n) is 4.14. The van der Waals surface area contributed by atoms with Gasteiger partial charge in [-0.25, -0.2) is 0 Å². The Hall–Kier alpha value is -2.21. The van der Waals surface area contributed by atoms with Crippen molar-refractivity contribution in [1.82, 2.24) is 20.4 Å². The number of hydrogen-bond acceptors (Lipinski definition) is 5. The van der Waals surface area contributed by atoms with Crippen molar-refractivity contribution in [3.63, 3.8) is 0 Å². The highest BCUT2D eigenvalue weighted by molar-refractivity contribution is 5.93. The molecule has 1 aliphatic heterocycles. The van der Waals surface area contributed by atoms with E-state index in [0.29, 0.717) is 11.5 Å². The smallest absolute Gasteiger partial charge is 0.273 e. The molecule has 2 aromatic heterocycles. The summed E-state index contributed by atoms with van der Waals surface area (Å²) in [6.07, 6.45) is 12.2. The first-order valence-electron chi connectivity index (χ1n) is 9.71. The maximum absolute atomic E-state index is 12.5. The fraction of sp³-hybridized carbons (Fsp3) is 0.550. The van der Waals surface area contributed by atoms with Crippen LogP contribution in [0.1, 0.15) is 55.4 Å². The lowest BCUT2D eigenvalue weighted by molar-refractivity contribution is 0.0857. The van der Waals surface area contributed by atoms with Crippen molar-refractivity contribution >= 4 is 5.91 Å². The highest BCUT2D eigenvalue weighted by Crippen LogP contribution is 2.25. The number of carbonyl (C=O) groups excluding carboxylic acids is 1. The van der Waals surface area contributed by atoms with Gasteiger partial charge in [0, 0.05) is 49.2 Å². The van der Waals surface area contributed by atoms with E-state index in [0.717, 1.165) is 37.5 Å². The van der Waals surface area contributed by atoms with Gasteiger partial charge in [0.2, 0.25) is 0 Å². The Balaban J connectivity index is 1.30. The van der Waals surface area contributed by atoms with Gasteiger partial charge >= 0.3 is 0 Å². The standard InChI is InChI=1S/C20H26N4O2/c25-20(18-13-19(26-23-18)15-5-4-10-21-14-15)22-16-8-11-24(12-9-16)17-6-2-1-3-7-17/h4-5,10,13-14,16-17H,1-3,6-9,11-12H2,(H,22,25). The van der Waals surface area contributed by atoms with Crippen LogP contribution in [0.3, 0.4) is 0 Å². The molecule has 0 spiro atoms. The summed E-state index contributed by atoms with van der Waals surface area (Å²) in [5, 5.41) is 7.04. The van der Waals surface area contributed by atoms with Crippen LogP contribution in [0.15, 0.2) is 35.1 Å². The number of rotatable bonds is 4. The average Bonchev–Trinajstić information content (AvgIpc) is 3.20. The van der Waals surface area contributed by atoms with Gasteiger partial charge in [-0.05, 0) is 37.8 Å². The highest BCUT2D eigenvalue weighted by Gasteiger charge is 2.27. The molecule has 6 heteroatoms. The van der Waals surface area contributed by atoms with E-state index in [-0.39, 0.29) is 11.9 Å². The van der Waals surface area contributed by atoms with Crippen LogP contribution in [0.5, 0.6) is 0 Å². The Morgan fingerprint density at radius 1 is 1.15 bits per heavy atom. The Bertz CT molecular complexity index is 716. The van der Waals surface area contributed by atoms with Crippen LogP contribution >= 0.6 is 0 Å². The average molecular weight is 354 g/mol. The molecule has 26 heavy (non-hydrogen) atoms. The molecule has 1 aliphatic carbocycles. The molecule has 2 aromatic rings. The summed E-state index contributed by atoms with van der Waals surface area (Å²) in [6, 6.07) is 6.39. The molecule has 0 bridgehead atoms. The van der Waals surface area contributed by atoms with Gasteiger partial charge in [-0.1, -0.05) is 24.4 Å². The third-order valence-corrected chi connectivity index (χ3v) is 5.64. The second-order valence-corrected chi connectivity index (χ2v) is 7.39. The maximum atomic E-state index is 12.5. The molecule has 1 amide bonds. The lowest BCUT2D eigenvalue weighted by atomic mass is 9.92. The summed E-state index contributed by atoms with van der Waals surface area (Å²) >= 11 is 0. The number of piperidine rings is 1. The minimum absolute atomic E-state index is 0.153. The molecule has 1 saturated carbocycles. The first-order valence-corrected chi connectivity index (χ1v) is 9.71. The molecular weight excluding hydrogens is 328 g/mol. The van der Waals surface area contributed by atoms with Crippen LogP contribution in [-0.4, -0.2) is 46.1 Å². The van der Waals surface area contributed by atoms with Gasteiger partial charge in [-0.3, -0.25) is 9.78 Å². The zero-order valence-corrected chi connectivity index (χ0v) is 15.1. The molecule has 0 atom stereocenters. The van der Waals surface area contributed by atoms with Crippen LogP contribution in [0.25, 0.3) is 11.3 Å². The summed E-state index contributed by atoms with van der Waals surface area (Å²) < 4.78 is 5.30. The fourth-order valence-corrected chi connectivity index (χ4v) is 4.14. The number of nitrogens with one attached hydrogen (secondary N) is 1. The van der Waals surface area contributed by atoms with Gasteiger partial charge in [0.25, 0.3) is 5.91 Å². The molecule has 2 aliphatic rings. The third-order valence-electron chi connectivity index (χ3n) is 5.64. The second kappa shape index (κ2) is 7.99. The van der Waals surface area contributed by atoms with Gasteiger partial charge in [-0.2, -0.15) is 0 Å². The zero-order valence-electron chi connectivity index (χ0n) is 15.1. The number of amides is 1. The lowest BCUT2D eigenvalue weighted by Crippen LogP contribution is -2.48. The Morgan fingerprint density at radius 2 is 1.96 bits per heavy atom. The van der Waals surface area contributed by atoms with Gasteiger partial charge in [0.1, 0.15) is 0 Å². The molecule has 4 rings (SSSR count). The lowest BCUT2D eigenvalue weighted by Gasteiger charge is -2.39. The van der Waals surface area contributed by atoms with Crippen molar-refractivity contribution in [2.45, 2.75) is 57.0 Å². The Labute approximate surface area is 154 Å². The number of hydrogen-bond donors (Lipinski definition) is 1. The normalized spacial score (nSPS) is 20.2. The van der Waals surface area contributed by atoms with Gasteiger partial charge < -0.3 is 14.7 Å². The summed E-state index contributed by atoms with van der Waals surface area (Å²) in [6.45, 7) is 2.16. The molecule has 1 N–H and O–H groups in total. The molecular formula is C20H26N4O2. The van der Waals surface area contributed by atoms with Crippen molar-refractivity contribution in [3.8, 4) is 11.3 Å². The van der Waals surface area contributed by atoms with Crippen LogP contribution in [0.2, 0.25) is 0 Å². The van der Waals surface area contributed by atoms with E-state index in [9.17, 15) is 4.79 Å². The summed E-state index contributed by atoms with van der Waals surface area (Å²) in [7, 11) is 0. The van der Waals surface area contributed by atoms with Gasteiger partial charge in [-0.15, -0.1) is 0 Å². The maximum Gasteiger partial charge on any atom is 0.273 e. The molecule has 138 valence electrons. The molecule has 0 unspecified atom stereocenters. The first-order chi connectivity index (χ1) is 12.8. The third kappa shape index (κ3) is 3.96. The zero-order chi connectivity index (χ0) is 17.8. The largest absolute Gasteiger partial charge is 0.355 e. The number of aromatic nitrogens is 2. The first kappa shape index (κ1) is 17.2. The quantitative estimate of drug-likeness (QED) is 0.912. The second-order valence-electron chi connectivity index (χ2n) is 7.39. The summed E-state index contributed by atoms with van der Waals surface area (Å²) in [5.74, 6) is 0.412. The summed E-state index contributed by atoms with van der Waals surface area (Å²) in [4.78, 5) is 19.2. The van der Waals surface area contributed by atoms with E-state index < -0.39 is 0 Å². The van der Waals surface area contributed by atoms with Gasteiger partial charge in [0.15, 0.2) is 11.5 Å². The Morgan fingerprint density at radius 3 is 2.69 bits per heavy atom. The molecule has 6 nitrogen and oxygen atoms in total. The van der Waals surface area contributed by atoms with E-state index in [2.05, 4.69) is 20.4 Å². The van der Waals surface area contributed by atoms with E-state index in [1.165, 1.54) is 32.1 Å². The van der Waals surface area contributed by atoms with Crippen molar-refractivity contribution < 1.29 is 9.32 Å². The van der Waals surface area contributed by atoms with Crippen LogP contribution in [0, 0.1) is 0 Å². The monoisotopic (exact) mass is 354 g/mol. The molecule has 1 saturated heterocycles. The van der Waals surface area contributed by atoms with E-state index in [4.69, 9.17) is 4.52 Å². The van der Waals surface area contributed by atoms with Crippen LogP contribution in [0.4, 0.5) is 0 Å². The SMILES string of the molecule is O=C(NC1CCN(C2CCCCC2)CC1)c1cc(-c2cccnc2)on1. The van der Waals surface area contributed by atoms with E-state index >= 15 is 0 Å². The number of carbonyl (C=O) groups is 1. The molecule has 2 fully saturated rings. The van der Waals surface area contributed by atoms with Crippen molar-refractivity contribution in [2.75, 3.05) is 13.1 Å². The van der Waals surface area contributed by atoms with Crippen LogP contribution in [-0.2, 0) is 0 Å². The van der Waals surface area contributed by atoms with Crippen molar-refractivity contribution in [1.29, 1.82) is 0 Å². The van der Waals surface area contributed by atoms with E-state index in [1.807, 2.05) is 12.1 Å². The van der Waals surface area contributed by atoms with Crippen LogP contribution < -0.4 is 5.32 Å². The molecule has 0 radical (unpaired) electrons. The predicted octanol–water partition coefficient (Wildman–Crippen LogP) is 3.26. The highest BCUT2D eigenvalue weighted by atomic mass is 16.5. The van der Waals surface area contributed by atoms with Gasteiger partial charge in [0.05, 0.1) is 0 Å². The number of likely N-dealkylation sites (tertiary alicyclic amines) is 1. The topological polar surface area (TPSA) is 71.3 Å². The summed E-state index contributed by atoms with van der Waals surface area (Å²) in [5.41, 5.74) is 1.15. The number of pyridine rings is 1. The number of nitrogens with zero attached hydrogens (tertiary/aromatic N) is 3. The minimum Gasteiger partial charge on any atom is -0.355 e. The molecule has 3 heterocycles. The van der Waals surface area contributed by atoms with E-state index in [1.54, 1.807) is 18.5 Å². The van der Waals surface area contributed by atoms with Crippen molar-refractivity contribution in [3.05, 3.63) is 36.3 Å². The Kier molecular flexibility index (Phi) is 5.29. The minimum atomic E-state index is -0.153. The molecule has 0 aromatic carbocycles. The van der Waals surface area contributed by atoms with Crippen molar-refractivity contribution in [2.24, 2.45) is 0 Å².